The number of carbonyl (C=O) groups is 1. The number of nitrogens with one attached hydrogen (secondary N) is 1. The number of halogens is 1. The summed E-state index contributed by atoms with van der Waals surface area (Å²) in [7, 11) is 1.65. The lowest BCUT2D eigenvalue weighted by atomic mass is 10.2. The number of hydrogen-bond acceptors (Lipinski definition) is 2. The Morgan fingerprint density at radius 3 is 2.76 bits per heavy atom. The quantitative estimate of drug-likeness (QED) is 0.903. The molecule has 0 aliphatic heterocycles. The lowest BCUT2D eigenvalue weighted by molar-refractivity contribution is -0.116. The number of hydrogen-bond donors (Lipinski definition) is 1. The molecule has 1 unspecified atom stereocenters. The first kappa shape index (κ1) is 14.2. The van der Waals surface area contributed by atoms with Crippen LogP contribution in [0.2, 0.25) is 0 Å². The molecular formula is C13H18BrNO2. The first-order valence-corrected chi connectivity index (χ1v) is 6.40. The molecule has 0 aliphatic carbocycles. The van der Waals surface area contributed by atoms with Crippen molar-refractivity contribution in [3.8, 4) is 0 Å². The summed E-state index contributed by atoms with van der Waals surface area (Å²) in [6.45, 7) is 3.95. The minimum atomic E-state index is 0.0198. The molecule has 0 bridgehead atoms. The molecule has 1 rings (SSSR count). The van der Waals surface area contributed by atoms with Gasteiger partial charge in [-0.15, -0.1) is 0 Å². The summed E-state index contributed by atoms with van der Waals surface area (Å²) < 4.78 is 6.07. The third-order valence-electron chi connectivity index (χ3n) is 2.51. The van der Waals surface area contributed by atoms with Crippen LogP contribution in [0.3, 0.4) is 0 Å². The van der Waals surface area contributed by atoms with Gasteiger partial charge >= 0.3 is 0 Å². The molecule has 1 N–H and O–H groups in total. The Kier molecular flexibility index (Phi) is 5.65. The van der Waals surface area contributed by atoms with Gasteiger partial charge in [0.25, 0.3) is 0 Å². The number of methoxy groups -OCH3 is 1. The van der Waals surface area contributed by atoms with Crippen LogP contribution in [0.25, 0.3) is 0 Å². The van der Waals surface area contributed by atoms with Gasteiger partial charge in [-0.2, -0.15) is 0 Å². The lowest BCUT2D eigenvalue weighted by Crippen LogP contribution is -2.15. The van der Waals surface area contributed by atoms with Gasteiger partial charge < -0.3 is 10.1 Å². The van der Waals surface area contributed by atoms with Crippen LogP contribution < -0.4 is 5.32 Å². The van der Waals surface area contributed by atoms with Crippen molar-refractivity contribution in [1.82, 2.24) is 0 Å². The molecular weight excluding hydrogens is 282 g/mol. The van der Waals surface area contributed by atoms with E-state index in [1.165, 1.54) is 0 Å². The van der Waals surface area contributed by atoms with Gasteiger partial charge in [0, 0.05) is 23.7 Å². The van der Waals surface area contributed by atoms with E-state index in [4.69, 9.17) is 4.74 Å². The maximum absolute atomic E-state index is 11.7. The van der Waals surface area contributed by atoms with Crippen molar-refractivity contribution in [3.63, 3.8) is 0 Å². The minimum absolute atomic E-state index is 0.0198. The zero-order valence-electron chi connectivity index (χ0n) is 10.4. The third kappa shape index (κ3) is 5.33. The highest BCUT2D eigenvalue weighted by atomic mass is 79.9. The highest BCUT2D eigenvalue weighted by Gasteiger charge is 2.06. The van der Waals surface area contributed by atoms with Crippen molar-refractivity contribution in [1.29, 1.82) is 0 Å². The molecule has 0 fully saturated rings. The Balaban J connectivity index is 2.50. The van der Waals surface area contributed by atoms with Gasteiger partial charge in [0.15, 0.2) is 0 Å². The van der Waals surface area contributed by atoms with Crippen molar-refractivity contribution in [2.75, 3.05) is 12.4 Å². The number of aryl methyl sites for hydroxylation is 1. The molecule has 1 aromatic rings. The largest absolute Gasteiger partial charge is 0.382 e. The molecule has 0 radical (unpaired) electrons. The smallest absolute Gasteiger partial charge is 0.224 e. The summed E-state index contributed by atoms with van der Waals surface area (Å²) in [4.78, 5) is 11.7. The van der Waals surface area contributed by atoms with Gasteiger partial charge in [0.1, 0.15) is 0 Å². The third-order valence-corrected chi connectivity index (χ3v) is 2.96. The lowest BCUT2D eigenvalue weighted by Gasteiger charge is -2.10. The summed E-state index contributed by atoms with van der Waals surface area (Å²) in [6, 6.07) is 5.84. The van der Waals surface area contributed by atoms with Crippen molar-refractivity contribution in [2.45, 2.75) is 32.8 Å². The van der Waals surface area contributed by atoms with Crippen LogP contribution in [0.5, 0.6) is 0 Å². The molecule has 0 aliphatic rings. The molecule has 4 heteroatoms. The second kappa shape index (κ2) is 6.77. The van der Waals surface area contributed by atoms with E-state index in [1.807, 2.05) is 32.0 Å². The van der Waals surface area contributed by atoms with E-state index in [2.05, 4.69) is 21.2 Å². The number of anilines is 1. The van der Waals surface area contributed by atoms with Crippen molar-refractivity contribution in [3.05, 3.63) is 28.2 Å². The van der Waals surface area contributed by atoms with Crippen molar-refractivity contribution < 1.29 is 9.53 Å². The van der Waals surface area contributed by atoms with Gasteiger partial charge in [-0.25, -0.2) is 0 Å². The van der Waals surface area contributed by atoms with Crippen LogP contribution in [0, 0.1) is 6.92 Å². The topological polar surface area (TPSA) is 38.3 Å². The molecule has 17 heavy (non-hydrogen) atoms. The molecule has 1 amide bonds. The highest BCUT2D eigenvalue weighted by Crippen LogP contribution is 2.19. The number of amides is 1. The van der Waals surface area contributed by atoms with Crippen molar-refractivity contribution in [2.24, 2.45) is 0 Å². The molecule has 0 saturated carbocycles. The zero-order valence-corrected chi connectivity index (χ0v) is 12.0. The average Bonchev–Trinajstić information content (AvgIpc) is 2.24. The molecule has 0 aromatic heterocycles. The van der Waals surface area contributed by atoms with E-state index < -0.39 is 0 Å². The minimum Gasteiger partial charge on any atom is -0.382 e. The van der Waals surface area contributed by atoms with Crippen LogP contribution in [0.15, 0.2) is 22.7 Å². The zero-order chi connectivity index (χ0) is 12.8. The fourth-order valence-corrected chi connectivity index (χ4v) is 2.09. The van der Waals surface area contributed by atoms with Gasteiger partial charge in [0.2, 0.25) is 5.91 Å². The van der Waals surface area contributed by atoms with E-state index in [0.29, 0.717) is 6.42 Å². The maximum atomic E-state index is 11.7. The Hall–Kier alpha value is -0.870. The number of benzene rings is 1. The summed E-state index contributed by atoms with van der Waals surface area (Å²) in [5.74, 6) is 0.0198. The summed E-state index contributed by atoms with van der Waals surface area (Å²) in [5, 5.41) is 2.88. The van der Waals surface area contributed by atoms with E-state index in [0.717, 1.165) is 22.1 Å². The maximum Gasteiger partial charge on any atom is 0.224 e. The van der Waals surface area contributed by atoms with Gasteiger partial charge in [0.05, 0.1) is 6.10 Å². The van der Waals surface area contributed by atoms with Crippen LogP contribution >= 0.6 is 15.9 Å². The highest BCUT2D eigenvalue weighted by molar-refractivity contribution is 9.10. The first-order valence-electron chi connectivity index (χ1n) is 5.61. The number of carbonyl (C=O) groups excluding carboxylic acids is 1. The van der Waals surface area contributed by atoms with Gasteiger partial charge in [-0.05, 0) is 44.0 Å². The molecule has 0 saturated heterocycles. The fourth-order valence-electron chi connectivity index (χ4n) is 1.48. The van der Waals surface area contributed by atoms with Crippen LogP contribution in [0.1, 0.15) is 25.3 Å². The molecule has 1 atom stereocenters. The second-order valence-corrected chi connectivity index (χ2v) is 5.07. The summed E-state index contributed by atoms with van der Waals surface area (Å²) in [6.07, 6.45) is 1.32. The van der Waals surface area contributed by atoms with Crippen LogP contribution in [-0.2, 0) is 9.53 Å². The van der Waals surface area contributed by atoms with E-state index in [9.17, 15) is 4.79 Å². The van der Waals surface area contributed by atoms with E-state index in [-0.39, 0.29) is 12.0 Å². The predicted octanol–water partition coefficient (Wildman–Crippen LogP) is 3.51. The van der Waals surface area contributed by atoms with Crippen LogP contribution in [0.4, 0.5) is 5.69 Å². The Morgan fingerprint density at radius 1 is 1.47 bits per heavy atom. The number of rotatable bonds is 5. The normalized spacial score (nSPS) is 12.2. The standard InChI is InChI=1S/C13H18BrNO2/c1-9-6-11(14)8-12(7-9)15-13(16)5-4-10(2)17-3/h6-8,10H,4-5H2,1-3H3,(H,15,16). The molecule has 94 valence electrons. The number of ether oxygens (including phenoxy) is 1. The second-order valence-electron chi connectivity index (χ2n) is 4.15. The van der Waals surface area contributed by atoms with Gasteiger partial charge in [-0.3, -0.25) is 4.79 Å². The Bertz CT molecular complexity index is 373. The average molecular weight is 300 g/mol. The van der Waals surface area contributed by atoms with E-state index in [1.54, 1.807) is 7.11 Å². The monoisotopic (exact) mass is 299 g/mol. The predicted molar refractivity (Wildman–Crippen MR) is 73.2 cm³/mol. The molecule has 1 aromatic carbocycles. The molecule has 3 nitrogen and oxygen atoms in total. The van der Waals surface area contributed by atoms with Gasteiger partial charge in [-0.1, -0.05) is 15.9 Å². The Labute approximate surface area is 111 Å². The molecule has 0 spiro atoms. The summed E-state index contributed by atoms with van der Waals surface area (Å²) in [5.41, 5.74) is 1.94. The first-order chi connectivity index (χ1) is 8.01. The summed E-state index contributed by atoms with van der Waals surface area (Å²) >= 11 is 3.41. The molecule has 0 heterocycles. The van der Waals surface area contributed by atoms with Crippen molar-refractivity contribution >= 4 is 27.5 Å². The Morgan fingerprint density at radius 2 is 2.18 bits per heavy atom. The fraction of sp³-hybridized carbons (Fsp3) is 0.462. The SMILES string of the molecule is COC(C)CCC(=O)Nc1cc(C)cc(Br)c1. The van der Waals surface area contributed by atoms with Crippen LogP contribution in [-0.4, -0.2) is 19.1 Å². The van der Waals surface area contributed by atoms with E-state index >= 15 is 0 Å².